The summed E-state index contributed by atoms with van der Waals surface area (Å²) in [5.41, 5.74) is 0.969. The van der Waals surface area contributed by atoms with Crippen LogP contribution in [0.1, 0.15) is 16.8 Å². The number of nitrogens with zero attached hydrogens (tertiary/aromatic N) is 1. The maximum Gasteiger partial charge on any atom is 0.152 e. The molecule has 0 bridgehead atoms. The van der Waals surface area contributed by atoms with E-state index < -0.39 is 0 Å². The molecule has 1 saturated heterocycles. The molecule has 3 rings (SSSR count). The molecule has 2 aliphatic rings. The van der Waals surface area contributed by atoms with Crippen molar-refractivity contribution in [3.63, 3.8) is 0 Å². The highest BCUT2D eigenvalue weighted by molar-refractivity contribution is 5.85. The van der Waals surface area contributed by atoms with Gasteiger partial charge in [-0.2, -0.15) is 0 Å². The van der Waals surface area contributed by atoms with E-state index in [-0.39, 0.29) is 5.82 Å². The molecule has 1 aliphatic heterocycles. The number of aldehydes is 1. The first kappa shape index (κ1) is 8.89. The van der Waals surface area contributed by atoms with Crippen LogP contribution in [0.4, 0.5) is 10.1 Å². The van der Waals surface area contributed by atoms with E-state index in [2.05, 4.69) is 0 Å². The lowest BCUT2D eigenvalue weighted by molar-refractivity contribution is 0.112. The number of anilines is 1. The van der Waals surface area contributed by atoms with E-state index in [9.17, 15) is 9.18 Å². The third kappa shape index (κ3) is 1.34. The zero-order valence-electron chi connectivity index (χ0n) is 8.32. The third-order valence-corrected chi connectivity index (χ3v) is 3.44. The lowest BCUT2D eigenvalue weighted by Crippen LogP contribution is -2.24. The first-order chi connectivity index (χ1) is 7.29. The second-order valence-corrected chi connectivity index (χ2v) is 4.46. The summed E-state index contributed by atoms with van der Waals surface area (Å²) in [5.74, 6) is 1.20. The van der Waals surface area contributed by atoms with Crippen molar-refractivity contribution < 1.29 is 9.18 Å². The SMILES string of the molecule is O=Cc1cccc(F)c1N1CC2CC2C1. The van der Waals surface area contributed by atoms with E-state index in [1.807, 2.05) is 4.90 Å². The van der Waals surface area contributed by atoms with E-state index in [1.165, 1.54) is 12.5 Å². The molecule has 2 nitrogen and oxygen atoms in total. The van der Waals surface area contributed by atoms with Crippen LogP contribution in [0.2, 0.25) is 0 Å². The van der Waals surface area contributed by atoms with Gasteiger partial charge >= 0.3 is 0 Å². The van der Waals surface area contributed by atoms with Gasteiger partial charge in [0.2, 0.25) is 0 Å². The van der Waals surface area contributed by atoms with E-state index in [0.717, 1.165) is 31.2 Å². The normalized spacial score (nSPS) is 27.7. The Hall–Kier alpha value is -1.38. The highest BCUT2D eigenvalue weighted by Crippen LogP contribution is 2.47. The van der Waals surface area contributed by atoms with Gasteiger partial charge in [0.25, 0.3) is 0 Å². The quantitative estimate of drug-likeness (QED) is 0.689. The summed E-state index contributed by atoms with van der Waals surface area (Å²) in [7, 11) is 0. The van der Waals surface area contributed by atoms with Crippen LogP contribution in [0.3, 0.4) is 0 Å². The second-order valence-electron chi connectivity index (χ2n) is 4.46. The maximum absolute atomic E-state index is 13.6. The molecule has 1 heterocycles. The number of rotatable bonds is 2. The number of carbonyl (C=O) groups is 1. The Kier molecular flexibility index (Phi) is 1.81. The molecule has 15 heavy (non-hydrogen) atoms. The van der Waals surface area contributed by atoms with Crippen molar-refractivity contribution in [2.24, 2.45) is 11.8 Å². The molecule has 0 N–H and O–H groups in total. The minimum Gasteiger partial charge on any atom is -0.368 e. The standard InChI is InChI=1S/C12H12FNO/c13-11-3-1-2-8(7-15)12(11)14-5-9-4-10(9)6-14/h1-3,7,9-10H,4-6H2. The Bertz CT molecular complexity index is 408. The summed E-state index contributed by atoms with van der Waals surface area (Å²) in [4.78, 5) is 12.8. The zero-order chi connectivity index (χ0) is 10.4. The summed E-state index contributed by atoms with van der Waals surface area (Å²) < 4.78 is 13.6. The molecule has 1 aromatic rings. The highest BCUT2D eigenvalue weighted by Gasteiger charge is 2.45. The van der Waals surface area contributed by atoms with Crippen LogP contribution in [0.15, 0.2) is 18.2 Å². The zero-order valence-corrected chi connectivity index (χ0v) is 8.32. The molecule has 3 heteroatoms. The molecule has 1 aromatic carbocycles. The molecule has 2 fully saturated rings. The Labute approximate surface area is 87.7 Å². The molecule has 78 valence electrons. The van der Waals surface area contributed by atoms with Gasteiger partial charge in [-0.05, 0) is 30.4 Å². The minimum atomic E-state index is -0.277. The number of hydrogen-bond acceptors (Lipinski definition) is 2. The molecular formula is C12H12FNO. The lowest BCUT2D eigenvalue weighted by Gasteiger charge is -2.22. The molecule has 0 amide bonds. The molecular weight excluding hydrogens is 193 g/mol. The van der Waals surface area contributed by atoms with Gasteiger partial charge in [-0.25, -0.2) is 4.39 Å². The Morgan fingerprint density at radius 3 is 2.73 bits per heavy atom. The van der Waals surface area contributed by atoms with Gasteiger partial charge < -0.3 is 4.90 Å². The average molecular weight is 205 g/mol. The van der Waals surface area contributed by atoms with Crippen molar-refractivity contribution in [2.45, 2.75) is 6.42 Å². The van der Waals surface area contributed by atoms with Gasteiger partial charge in [-0.1, -0.05) is 6.07 Å². The largest absolute Gasteiger partial charge is 0.368 e. The number of piperidine rings is 1. The molecule has 1 saturated carbocycles. The summed E-state index contributed by atoms with van der Waals surface area (Å²) in [6.45, 7) is 1.82. The van der Waals surface area contributed by atoms with Gasteiger partial charge in [0.15, 0.2) is 6.29 Å². The van der Waals surface area contributed by atoms with Crippen molar-refractivity contribution in [1.82, 2.24) is 0 Å². The topological polar surface area (TPSA) is 20.3 Å². The second kappa shape index (κ2) is 3.05. The monoisotopic (exact) mass is 205 g/mol. The summed E-state index contributed by atoms with van der Waals surface area (Å²) in [5, 5.41) is 0. The van der Waals surface area contributed by atoms with Gasteiger partial charge in [-0.3, -0.25) is 4.79 Å². The minimum absolute atomic E-state index is 0.277. The van der Waals surface area contributed by atoms with Crippen LogP contribution < -0.4 is 4.90 Å². The molecule has 2 atom stereocenters. The molecule has 0 spiro atoms. The number of carbonyl (C=O) groups excluding carboxylic acids is 1. The predicted molar refractivity (Wildman–Crippen MR) is 55.6 cm³/mol. The molecule has 0 aromatic heterocycles. The van der Waals surface area contributed by atoms with Crippen LogP contribution in [0.5, 0.6) is 0 Å². The smallest absolute Gasteiger partial charge is 0.152 e. The van der Waals surface area contributed by atoms with Crippen molar-refractivity contribution in [3.8, 4) is 0 Å². The van der Waals surface area contributed by atoms with Crippen LogP contribution in [0.25, 0.3) is 0 Å². The number of para-hydroxylation sites is 1. The van der Waals surface area contributed by atoms with Crippen LogP contribution in [-0.4, -0.2) is 19.4 Å². The van der Waals surface area contributed by atoms with Crippen molar-refractivity contribution >= 4 is 12.0 Å². The van der Waals surface area contributed by atoms with Crippen LogP contribution >= 0.6 is 0 Å². The van der Waals surface area contributed by atoms with Gasteiger partial charge in [0.1, 0.15) is 5.82 Å². The number of fused-ring (bicyclic) bond motifs is 1. The number of hydrogen-bond donors (Lipinski definition) is 0. The first-order valence-electron chi connectivity index (χ1n) is 5.28. The Balaban J connectivity index is 1.98. The van der Waals surface area contributed by atoms with Gasteiger partial charge in [0, 0.05) is 18.7 Å². The molecule has 1 aliphatic carbocycles. The average Bonchev–Trinajstić information content (AvgIpc) is 2.85. The maximum atomic E-state index is 13.6. The third-order valence-electron chi connectivity index (χ3n) is 3.44. The van der Waals surface area contributed by atoms with E-state index in [4.69, 9.17) is 0 Å². The van der Waals surface area contributed by atoms with E-state index in [1.54, 1.807) is 12.1 Å². The Morgan fingerprint density at radius 1 is 1.33 bits per heavy atom. The fourth-order valence-corrected chi connectivity index (χ4v) is 2.54. The molecule has 2 unspecified atom stereocenters. The van der Waals surface area contributed by atoms with Crippen LogP contribution in [-0.2, 0) is 0 Å². The summed E-state index contributed by atoms with van der Waals surface area (Å²) >= 11 is 0. The van der Waals surface area contributed by atoms with Gasteiger partial charge in [0.05, 0.1) is 5.69 Å². The van der Waals surface area contributed by atoms with Gasteiger partial charge in [-0.15, -0.1) is 0 Å². The predicted octanol–water partition coefficient (Wildman–Crippen LogP) is 2.09. The lowest BCUT2D eigenvalue weighted by atomic mass is 10.1. The highest BCUT2D eigenvalue weighted by atomic mass is 19.1. The van der Waals surface area contributed by atoms with Crippen molar-refractivity contribution in [2.75, 3.05) is 18.0 Å². The van der Waals surface area contributed by atoms with E-state index in [0.29, 0.717) is 11.3 Å². The fourth-order valence-electron chi connectivity index (χ4n) is 2.54. The fraction of sp³-hybridized carbons (Fsp3) is 0.417. The molecule has 0 radical (unpaired) electrons. The van der Waals surface area contributed by atoms with E-state index >= 15 is 0 Å². The number of benzene rings is 1. The summed E-state index contributed by atoms with van der Waals surface area (Å²) in [6, 6.07) is 4.68. The first-order valence-corrected chi connectivity index (χ1v) is 5.28. The van der Waals surface area contributed by atoms with Crippen LogP contribution in [0, 0.1) is 17.7 Å². The summed E-state index contributed by atoms with van der Waals surface area (Å²) in [6.07, 6.45) is 2.02. The number of halogens is 1. The van der Waals surface area contributed by atoms with Crippen molar-refractivity contribution in [1.29, 1.82) is 0 Å². The Morgan fingerprint density at radius 2 is 2.07 bits per heavy atom. The van der Waals surface area contributed by atoms with Crippen molar-refractivity contribution in [3.05, 3.63) is 29.6 Å².